The lowest BCUT2D eigenvalue weighted by atomic mass is 10.1. The Labute approximate surface area is 86.9 Å². The minimum absolute atomic E-state index is 0.0846. The third-order valence-corrected chi connectivity index (χ3v) is 2.80. The van der Waals surface area contributed by atoms with E-state index < -0.39 is 0 Å². The lowest BCUT2D eigenvalue weighted by Gasteiger charge is -2.16. The van der Waals surface area contributed by atoms with Crippen LogP contribution in [0, 0.1) is 5.92 Å². The highest BCUT2D eigenvalue weighted by atomic mass is 16.5. The minimum Gasteiger partial charge on any atom is -0.378 e. The van der Waals surface area contributed by atoms with Gasteiger partial charge in [-0.25, -0.2) is 0 Å². The quantitative estimate of drug-likeness (QED) is 0.680. The fraction of sp³-hybridized carbons (Fsp3) is 1.00. The van der Waals surface area contributed by atoms with Gasteiger partial charge in [-0.3, -0.25) is 0 Å². The topological polar surface area (TPSA) is 44.5 Å². The summed E-state index contributed by atoms with van der Waals surface area (Å²) in [5, 5.41) is 0. The van der Waals surface area contributed by atoms with Crippen LogP contribution in [0.3, 0.4) is 0 Å². The van der Waals surface area contributed by atoms with Crippen LogP contribution >= 0.6 is 0 Å². The van der Waals surface area contributed by atoms with Gasteiger partial charge in [0.15, 0.2) is 0 Å². The van der Waals surface area contributed by atoms with Crippen LogP contribution in [0.5, 0.6) is 0 Å². The van der Waals surface area contributed by atoms with Crippen molar-refractivity contribution in [3.05, 3.63) is 0 Å². The summed E-state index contributed by atoms with van der Waals surface area (Å²) >= 11 is 0. The summed E-state index contributed by atoms with van der Waals surface area (Å²) in [7, 11) is 0. The van der Waals surface area contributed by atoms with Crippen LogP contribution < -0.4 is 5.73 Å². The Balaban J connectivity index is 2.00. The monoisotopic (exact) mass is 201 g/mol. The first-order valence-corrected chi connectivity index (χ1v) is 5.76. The number of rotatable bonds is 7. The molecule has 0 heterocycles. The molecule has 0 aromatic carbocycles. The molecule has 0 aromatic heterocycles. The van der Waals surface area contributed by atoms with E-state index in [1.165, 1.54) is 25.7 Å². The average Bonchev–Trinajstić information content (AvgIpc) is 2.69. The summed E-state index contributed by atoms with van der Waals surface area (Å²) < 4.78 is 11.0. The van der Waals surface area contributed by atoms with Gasteiger partial charge in [0.2, 0.25) is 0 Å². The molecule has 1 unspecified atom stereocenters. The Morgan fingerprint density at radius 1 is 1.36 bits per heavy atom. The number of ether oxygens (including phenoxy) is 2. The summed E-state index contributed by atoms with van der Waals surface area (Å²) in [6, 6.07) is 0. The van der Waals surface area contributed by atoms with Crippen molar-refractivity contribution in [2.24, 2.45) is 11.7 Å². The molecule has 2 N–H and O–H groups in total. The van der Waals surface area contributed by atoms with Crippen molar-refractivity contribution in [3.63, 3.8) is 0 Å². The molecule has 1 saturated carbocycles. The van der Waals surface area contributed by atoms with Crippen molar-refractivity contribution in [2.75, 3.05) is 26.4 Å². The van der Waals surface area contributed by atoms with Gasteiger partial charge in [-0.15, -0.1) is 0 Å². The van der Waals surface area contributed by atoms with Crippen molar-refractivity contribution in [3.8, 4) is 0 Å². The predicted octanol–water partition coefficient (Wildman–Crippen LogP) is 1.56. The molecule has 0 saturated heterocycles. The second-order valence-corrected chi connectivity index (χ2v) is 4.00. The van der Waals surface area contributed by atoms with Gasteiger partial charge in [-0.2, -0.15) is 0 Å². The van der Waals surface area contributed by atoms with E-state index in [9.17, 15) is 0 Å². The molecule has 1 atom stereocenters. The zero-order valence-corrected chi connectivity index (χ0v) is 9.21. The SMILES string of the molecule is CCOC(CN)COCC1CCCC1. The van der Waals surface area contributed by atoms with E-state index >= 15 is 0 Å². The van der Waals surface area contributed by atoms with Gasteiger partial charge in [-0.05, 0) is 25.7 Å². The third-order valence-electron chi connectivity index (χ3n) is 2.80. The highest BCUT2D eigenvalue weighted by Crippen LogP contribution is 2.24. The lowest BCUT2D eigenvalue weighted by molar-refractivity contribution is -0.0151. The van der Waals surface area contributed by atoms with Crippen LogP contribution in [-0.2, 0) is 9.47 Å². The minimum atomic E-state index is 0.0846. The lowest BCUT2D eigenvalue weighted by Crippen LogP contribution is -2.29. The summed E-state index contributed by atoms with van der Waals surface area (Å²) in [6.45, 7) is 4.80. The van der Waals surface area contributed by atoms with E-state index in [4.69, 9.17) is 15.2 Å². The first-order valence-electron chi connectivity index (χ1n) is 5.76. The van der Waals surface area contributed by atoms with Crippen molar-refractivity contribution >= 4 is 0 Å². The molecule has 0 spiro atoms. The van der Waals surface area contributed by atoms with Crippen LogP contribution in [0.25, 0.3) is 0 Å². The fourth-order valence-electron chi connectivity index (χ4n) is 1.96. The van der Waals surface area contributed by atoms with Gasteiger partial charge in [0.1, 0.15) is 0 Å². The maximum absolute atomic E-state index is 5.62. The van der Waals surface area contributed by atoms with E-state index in [1.54, 1.807) is 0 Å². The molecule has 0 bridgehead atoms. The van der Waals surface area contributed by atoms with Gasteiger partial charge in [0.25, 0.3) is 0 Å². The Hall–Kier alpha value is -0.120. The second kappa shape index (κ2) is 7.21. The average molecular weight is 201 g/mol. The number of nitrogens with two attached hydrogens (primary N) is 1. The first-order chi connectivity index (χ1) is 6.86. The van der Waals surface area contributed by atoms with Gasteiger partial charge >= 0.3 is 0 Å². The summed E-state index contributed by atoms with van der Waals surface area (Å²) in [5.41, 5.74) is 5.55. The molecule has 1 rings (SSSR count). The van der Waals surface area contributed by atoms with Crippen molar-refractivity contribution in [1.82, 2.24) is 0 Å². The Morgan fingerprint density at radius 2 is 2.07 bits per heavy atom. The molecule has 0 aliphatic heterocycles. The highest BCUT2D eigenvalue weighted by molar-refractivity contribution is 4.67. The van der Waals surface area contributed by atoms with Gasteiger partial charge < -0.3 is 15.2 Å². The van der Waals surface area contributed by atoms with Crippen molar-refractivity contribution in [1.29, 1.82) is 0 Å². The summed E-state index contributed by atoms with van der Waals surface area (Å²) in [4.78, 5) is 0. The van der Waals surface area contributed by atoms with E-state index in [1.807, 2.05) is 6.92 Å². The van der Waals surface area contributed by atoms with Crippen molar-refractivity contribution in [2.45, 2.75) is 38.7 Å². The molecule has 3 heteroatoms. The molecule has 84 valence electrons. The molecule has 0 aromatic rings. The van der Waals surface area contributed by atoms with Crippen LogP contribution in [0.4, 0.5) is 0 Å². The molecule has 1 fully saturated rings. The maximum atomic E-state index is 5.62. The zero-order valence-electron chi connectivity index (χ0n) is 9.21. The number of hydrogen-bond acceptors (Lipinski definition) is 3. The van der Waals surface area contributed by atoms with Gasteiger partial charge in [0, 0.05) is 19.8 Å². The van der Waals surface area contributed by atoms with E-state index in [0.29, 0.717) is 19.8 Å². The fourth-order valence-corrected chi connectivity index (χ4v) is 1.96. The number of hydrogen-bond donors (Lipinski definition) is 1. The molecule has 3 nitrogen and oxygen atoms in total. The second-order valence-electron chi connectivity index (χ2n) is 4.00. The molecule has 1 aliphatic rings. The summed E-state index contributed by atoms with van der Waals surface area (Å²) in [5.74, 6) is 0.787. The van der Waals surface area contributed by atoms with Gasteiger partial charge in [0.05, 0.1) is 12.7 Å². The van der Waals surface area contributed by atoms with Crippen molar-refractivity contribution < 1.29 is 9.47 Å². The highest BCUT2D eigenvalue weighted by Gasteiger charge is 2.15. The Morgan fingerprint density at radius 3 is 2.64 bits per heavy atom. The van der Waals surface area contributed by atoms with E-state index in [-0.39, 0.29) is 6.10 Å². The predicted molar refractivity (Wildman–Crippen MR) is 57.2 cm³/mol. The van der Waals surface area contributed by atoms with E-state index in [0.717, 1.165) is 12.5 Å². The molecule has 14 heavy (non-hydrogen) atoms. The first kappa shape index (κ1) is 12.0. The molecular weight excluding hydrogens is 178 g/mol. The normalized spacial score (nSPS) is 20.1. The van der Waals surface area contributed by atoms with Gasteiger partial charge in [-0.1, -0.05) is 12.8 Å². The van der Waals surface area contributed by atoms with Crippen LogP contribution in [-0.4, -0.2) is 32.5 Å². The Bertz CT molecular complexity index is 135. The molecule has 1 aliphatic carbocycles. The third kappa shape index (κ3) is 4.40. The van der Waals surface area contributed by atoms with Crippen LogP contribution in [0.2, 0.25) is 0 Å². The zero-order chi connectivity index (χ0) is 10.2. The Kier molecular flexibility index (Phi) is 6.15. The van der Waals surface area contributed by atoms with E-state index in [2.05, 4.69) is 0 Å². The summed E-state index contributed by atoms with van der Waals surface area (Å²) in [6.07, 6.45) is 5.50. The maximum Gasteiger partial charge on any atom is 0.0930 e. The van der Waals surface area contributed by atoms with Crippen LogP contribution in [0.1, 0.15) is 32.6 Å². The standard InChI is InChI=1S/C11H23NO2/c1-2-14-11(7-12)9-13-8-10-5-3-4-6-10/h10-11H,2-9,12H2,1H3. The molecule has 0 radical (unpaired) electrons. The smallest absolute Gasteiger partial charge is 0.0930 e. The molecule has 0 amide bonds. The largest absolute Gasteiger partial charge is 0.378 e. The van der Waals surface area contributed by atoms with Crippen LogP contribution in [0.15, 0.2) is 0 Å². The molecular formula is C11H23NO2.